The minimum absolute atomic E-state index is 0.0265. The smallest absolute Gasteiger partial charge is 0.356 e. The molecule has 18 heavy (non-hydrogen) atoms. The van der Waals surface area contributed by atoms with Gasteiger partial charge in [0.15, 0.2) is 17.3 Å². The minimum Gasteiger partial charge on any atom is -0.476 e. The van der Waals surface area contributed by atoms with Gasteiger partial charge in [-0.05, 0) is 12.1 Å². The van der Waals surface area contributed by atoms with Gasteiger partial charge in [-0.1, -0.05) is 23.7 Å². The fourth-order valence-electron chi connectivity index (χ4n) is 1.47. The first-order chi connectivity index (χ1) is 8.50. The van der Waals surface area contributed by atoms with Gasteiger partial charge in [-0.2, -0.15) is 0 Å². The van der Waals surface area contributed by atoms with Crippen LogP contribution in [0.3, 0.4) is 0 Å². The van der Waals surface area contributed by atoms with E-state index in [0.29, 0.717) is 0 Å². The summed E-state index contributed by atoms with van der Waals surface area (Å²) in [6.45, 7) is 0. The SMILES string of the molecule is O=C(O)c1ncc(-c2cccc(F)c2F)cc1Cl. The van der Waals surface area contributed by atoms with Gasteiger partial charge in [-0.3, -0.25) is 0 Å². The lowest BCUT2D eigenvalue weighted by Crippen LogP contribution is -2.01. The predicted octanol–water partition coefficient (Wildman–Crippen LogP) is 3.38. The number of rotatable bonds is 2. The number of hydrogen-bond acceptors (Lipinski definition) is 2. The van der Waals surface area contributed by atoms with Gasteiger partial charge < -0.3 is 5.11 Å². The number of carbonyl (C=O) groups is 1. The van der Waals surface area contributed by atoms with Crippen LogP contribution in [0, 0.1) is 11.6 Å². The third-order valence-corrected chi connectivity index (χ3v) is 2.59. The average molecular weight is 270 g/mol. The van der Waals surface area contributed by atoms with E-state index in [4.69, 9.17) is 16.7 Å². The Labute approximate surface area is 106 Å². The van der Waals surface area contributed by atoms with Crippen molar-refractivity contribution in [2.45, 2.75) is 0 Å². The molecular weight excluding hydrogens is 264 g/mol. The van der Waals surface area contributed by atoms with E-state index in [1.807, 2.05) is 0 Å². The molecule has 1 heterocycles. The van der Waals surface area contributed by atoms with Gasteiger partial charge >= 0.3 is 5.97 Å². The van der Waals surface area contributed by atoms with Gasteiger partial charge in [0.05, 0.1) is 5.02 Å². The summed E-state index contributed by atoms with van der Waals surface area (Å²) in [5, 5.41) is 8.61. The molecule has 0 aliphatic rings. The molecule has 2 aromatic rings. The van der Waals surface area contributed by atoms with E-state index in [-0.39, 0.29) is 21.8 Å². The van der Waals surface area contributed by atoms with Crippen molar-refractivity contribution in [3.05, 3.63) is 52.8 Å². The van der Waals surface area contributed by atoms with Crippen molar-refractivity contribution >= 4 is 17.6 Å². The molecule has 92 valence electrons. The first-order valence-corrected chi connectivity index (χ1v) is 5.21. The number of pyridine rings is 1. The lowest BCUT2D eigenvalue weighted by atomic mass is 10.1. The van der Waals surface area contributed by atoms with E-state index in [2.05, 4.69) is 4.98 Å². The van der Waals surface area contributed by atoms with E-state index < -0.39 is 17.6 Å². The summed E-state index contributed by atoms with van der Waals surface area (Å²) in [6.07, 6.45) is 1.13. The molecule has 0 spiro atoms. The lowest BCUT2D eigenvalue weighted by Gasteiger charge is -2.05. The number of benzene rings is 1. The molecule has 0 radical (unpaired) electrons. The molecule has 0 bridgehead atoms. The Bertz CT molecular complexity index is 631. The molecule has 0 atom stereocenters. The third-order valence-electron chi connectivity index (χ3n) is 2.31. The molecule has 1 aromatic heterocycles. The molecule has 6 heteroatoms. The van der Waals surface area contributed by atoms with Crippen LogP contribution in [0.5, 0.6) is 0 Å². The van der Waals surface area contributed by atoms with Crippen molar-refractivity contribution in [3.8, 4) is 11.1 Å². The average Bonchev–Trinajstić information content (AvgIpc) is 2.32. The summed E-state index contributed by atoms with van der Waals surface area (Å²) in [5.41, 5.74) is -0.152. The van der Waals surface area contributed by atoms with E-state index >= 15 is 0 Å². The summed E-state index contributed by atoms with van der Waals surface area (Å²) in [7, 11) is 0. The van der Waals surface area contributed by atoms with Gasteiger partial charge in [0, 0.05) is 17.3 Å². The highest BCUT2D eigenvalue weighted by molar-refractivity contribution is 6.33. The first-order valence-electron chi connectivity index (χ1n) is 4.84. The first kappa shape index (κ1) is 12.4. The Kier molecular flexibility index (Phi) is 3.25. The van der Waals surface area contributed by atoms with Gasteiger partial charge in [-0.15, -0.1) is 0 Å². The fraction of sp³-hybridized carbons (Fsp3) is 0. The molecule has 0 amide bonds. The summed E-state index contributed by atoms with van der Waals surface area (Å²) < 4.78 is 26.6. The summed E-state index contributed by atoms with van der Waals surface area (Å²) >= 11 is 5.71. The number of hydrogen-bond donors (Lipinski definition) is 1. The molecule has 0 unspecified atom stereocenters. The topological polar surface area (TPSA) is 50.2 Å². The minimum atomic E-state index is -1.29. The van der Waals surface area contributed by atoms with E-state index in [1.165, 1.54) is 18.2 Å². The van der Waals surface area contributed by atoms with Crippen molar-refractivity contribution < 1.29 is 18.7 Å². The summed E-state index contributed by atoms with van der Waals surface area (Å²) in [6, 6.07) is 4.91. The zero-order valence-corrected chi connectivity index (χ0v) is 9.58. The van der Waals surface area contributed by atoms with Crippen LogP contribution in [0.4, 0.5) is 8.78 Å². The third kappa shape index (κ3) is 2.17. The Balaban J connectivity index is 2.56. The van der Waals surface area contributed by atoms with Crippen molar-refractivity contribution in [1.29, 1.82) is 0 Å². The van der Waals surface area contributed by atoms with Gasteiger partial charge in [0.1, 0.15) is 0 Å². The van der Waals surface area contributed by atoms with E-state index in [0.717, 1.165) is 12.3 Å². The van der Waals surface area contributed by atoms with Crippen LogP contribution in [-0.4, -0.2) is 16.1 Å². The number of carboxylic acids is 1. The van der Waals surface area contributed by atoms with E-state index in [1.54, 1.807) is 0 Å². The Morgan fingerprint density at radius 1 is 1.33 bits per heavy atom. The van der Waals surface area contributed by atoms with Crippen LogP contribution in [0.1, 0.15) is 10.5 Å². The lowest BCUT2D eigenvalue weighted by molar-refractivity contribution is 0.0691. The highest BCUT2D eigenvalue weighted by Crippen LogP contribution is 2.27. The second-order valence-electron chi connectivity index (χ2n) is 3.46. The summed E-state index contributed by atoms with van der Waals surface area (Å²) in [5.74, 6) is -3.31. The number of aromatic nitrogens is 1. The highest BCUT2D eigenvalue weighted by atomic mass is 35.5. The fourth-order valence-corrected chi connectivity index (χ4v) is 1.72. The molecule has 0 fully saturated rings. The summed E-state index contributed by atoms with van der Waals surface area (Å²) in [4.78, 5) is 14.3. The molecule has 0 aliphatic carbocycles. The molecular formula is C12H6ClF2NO2. The van der Waals surface area contributed by atoms with Crippen LogP contribution >= 0.6 is 11.6 Å². The van der Waals surface area contributed by atoms with Crippen LogP contribution in [0.2, 0.25) is 5.02 Å². The maximum Gasteiger partial charge on any atom is 0.356 e. The number of carboxylic acid groups (broad SMARTS) is 1. The van der Waals surface area contributed by atoms with E-state index in [9.17, 15) is 13.6 Å². The number of halogens is 3. The van der Waals surface area contributed by atoms with Gasteiger partial charge in [0.2, 0.25) is 0 Å². The zero-order chi connectivity index (χ0) is 13.3. The van der Waals surface area contributed by atoms with Crippen molar-refractivity contribution in [2.24, 2.45) is 0 Å². The Hall–Kier alpha value is -2.01. The van der Waals surface area contributed by atoms with Crippen LogP contribution < -0.4 is 0 Å². The highest BCUT2D eigenvalue weighted by Gasteiger charge is 2.14. The van der Waals surface area contributed by atoms with Gasteiger partial charge in [-0.25, -0.2) is 18.6 Å². The molecule has 0 saturated heterocycles. The normalized spacial score (nSPS) is 10.4. The standard InChI is InChI=1S/C12H6ClF2NO2/c13-8-4-6(5-16-11(8)12(17)18)7-2-1-3-9(14)10(7)15/h1-5H,(H,17,18). The zero-order valence-electron chi connectivity index (χ0n) is 8.82. The Morgan fingerprint density at radius 3 is 2.67 bits per heavy atom. The maximum atomic E-state index is 13.5. The largest absolute Gasteiger partial charge is 0.476 e. The predicted molar refractivity (Wildman–Crippen MR) is 61.6 cm³/mol. The molecule has 0 aliphatic heterocycles. The number of nitrogens with zero attached hydrogens (tertiary/aromatic N) is 1. The quantitative estimate of drug-likeness (QED) is 0.909. The Morgan fingerprint density at radius 2 is 2.06 bits per heavy atom. The molecule has 1 N–H and O–H groups in total. The second kappa shape index (κ2) is 4.70. The molecule has 0 saturated carbocycles. The van der Waals surface area contributed by atoms with Crippen LogP contribution in [0.15, 0.2) is 30.5 Å². The molecule has 3 nitrogen and oxygen atoms in total. The van der Waals surface area contributed by atoms with Crippen molar-refractivity contribution in [3.63, 3.8) is 0 Å². The second-order valence-corrected chi connectivity index (χ2v) is 3.87. The van der Waals surface area contributed by atoms with Crippen LogP contribution in [0.25, 0.3) is 11.1 Å². The van der Waals surface area contributed by atoms with Gasteiger partial charge in [0.25, 0.3) is 0 Å². The molecule has 1 aromatic carbocycles. The number of aromatic carboxylic acids is 1. The van der Waals surface area contributed by atoms with Crippen molar-refractivity contribution in [2.75, 3.05) is 0 Å². The maximum absolute atomic E-state index is 13.5. The van der Waals surface area contributed by atoms with Crippen molar-refractivity contribution in [1.82, 2.24) is 4.98 Å². The monoisotopic (exact) mass is 269 g/mol. The molecule has 2 rings (SSSR count). The van der Waals surface area contributed by atoms with Crippen LogP contribution in [-0.2, 0) is 0 Å².